The van der Waals surface area contributed by atoms with Gasteiger partial charge < -0.3 is 0 Å². The van der Waals surface area contributed by atoms with Crippen LogP contribution in [0.3, 0.4) is 0 Å². The summed E-state index contributed by atoms with van der Waals surface area (Å²) in [7, 11) is 0. The maximum Gasteiger partial charge on any atom is 0.146 e. The van der Waals surface area contributed by atoms with Gasteiger partial charge in [0.15, 0.2) is 0 Å². The molecule has 2 bridgehead atoms. The minimum absolute atomic E-state index is 0.635. The standard InChI is InChI=1S/C11H16O/c1-2-3-10-8-4-5-9(6-8)11(10)7-12/h7-8,10H,2-6H2,1H3. The predicted molar refractivity (Wildman–Crippen MR) is 48.8 cm³/mol. The van der Waals surface area contributed by atoms with Crippen LogP contribution in [0.1, 0.15) is 39.0 Å². The van der Waals surface area contributed by atoms with Crippen molar-refractivity contribution in [3.05, 3.63) is 11.1 Å². The maximum absolute atomic E-state index is 10.8. The molecule has 2 aliphatic rings. The van der Waals surface area contributed by atoms with Gasteiger partial charge in [0.05, 0.1) is 0 Å². The van der Waals surface area contributed by atoms with Crippen molar-refractivity contribution in [3.8, 4) is 0 Å². The number of hydrogen-bond donors (Lipinski definition) is 0. The van der Waals surface area contributed by atoms with E-state index in [0.29, 0.717) is 5.92 Å². The van der Waals surface area contributed by atoms with Crippen molar-refractivity contribution in [3.63, 3.8) is 0 Å². The highest BCUT2D eigenvalue weighted by Crippen LogP contribution is 2.49. The van der Waals surface area contributed by atoms with Gasteiger partial charge in [-0.15, -0.1) is 0 Å². The van der Waals surface area contributed by atoms with E-state index in [4.69, 9.17) is 0 Å². The molecule has 1 nitrogen and oxygen atoms in total. The monoisotopic (exact) mass is 164 g/mol. The molecule has 0 N–H and O–H groups in total. The third-order valence-corrected chi connectivity index (χ3v) is 3.43. The van der Waals surface area contributed by atoms with E-state index in [0.717, 1.165) is 12.2 Å². The van der Waals surface area contributed by atoms with Crippen LogP contribution < -0.4 is 0 Å². The molecule has 1 heteroatoms. The number of fused-ring (bicyclic) bond motifs is 2. The van der Waals surface area contributed by atoms with Crippen LogP contribution in [-0.4, -0.2) is 6.29 Å². The van der Waals surface area contributed by atoms with Crippen molar-refractivity contribution in [1.29, 1.82) is 0 Å². The molecule has 1 saturated carbocycles. The summed E-state index contributed by atoms with van der Waals surface area (Å²) in [5, 5.41) is 0. The van der Waals surface area contributed by atoms with Crippen molar-refractivity contribution < 1.29 is 4.79 Å². The minimum Gasteiger partial charge on any atom is -0.298 e. The molecule has 0 amide bonds. The predicted octanol–water partition coefficient (Wildman–Crippen LogP) is 2.71. The average molecular weight is 164 g/mol. The Hall–Kier alpha value is -0.590. The van der Waals surface area contributed by atoms with Crippen LogP contribution >= 0.6 is 0 Å². The van der Waals surface area contributed by atoms with E-state index in [1.165, 1.54) is 43.3 Å². The molecule has 2 atom stereocenters. The lowest BCUT2D eigenvalue weighted by Crippen LogP contribution is -2.13. The Morgan fingerprint density at radius 1 is 1.58 bits per heavy atom. The molecule has 0 aromatic carbocycles. The number of carbonyl (C=O) groups excluding carboxylic acids is 1. The molecule has 0 aromatic rings. The Kier molecular flexibility index (Phi) is 2.03. The fourth-order valence-electron chi connectivity index (χ4n) is 2.87. The van der Waals surface area contributed by atoms with Crippen LogP contribution in [-0.2, 0) is 4.79 Å². The third kappa shape index (κ3) is 1.03. The summed E-state index contributed by atoms with van der Waals surface area (Å²) < 4.78 is 0. The van der Waals surface area contributed by atoms with Gasteiger partial charge in [-0.3, -0.25) is 4.79 Å². The summed E-state index contributed by atoms with van der Waals surface area (Å²) in [6, 6.07) is 0. The highest BCUT2D eigenvalue weighted by molar-refractivity contribution is 5.77. The Bertz CT molecular complexity index is 227. The van der Waals surface area contributed by atoms with Crippen LogP contribution in [0.2, 0.25) is 0 Å². The zero-order valence-corrected chi connectivity index (χ0v) is 7.68. The molecule has 2 unspecified atom stereocenters. The Morgan fingerprint density at radius 2 is 2.42 bits per heavy atom. The van der Waals surface area contributed by atoms with Gasteiger partial charge in [-0.05, 0) is 43.1 Å². The van der Waals surface area contributed by atoms with E-state index >= 15 is 0 Å². The quantitative estimate of drug-likeness (QED) is 0.586. The first-order valence-electron chi connectivity index (χ1n) is 5.04. The van der Waals surface area contributed by atoms with Crippen LogP contribution in [0.15, 0.2) is 11.1 Å². The molecule has 1 fully saturated rings. The third-order valence-electron chi connectivity index (χ3n) is 3.43. The molecule has 0 aliphatic heterocycles. The van der Waals surface area contributed by atoms with Crippen LogP contribution in [0.25, 0.3) is 0 Å². The van der Waals surface area contributed by atoms with E-state index in [1.807, 2.05) is 0 Å². The first-order chi connectivity index (χ1) is 5.86. The lowest BCUT2D eigenvalue weighted by atomic mass is 9.84. The lowest BCUT2D eigenvalue weighted by molar-refractivity contribution is -0.105. The average Bonchev–Trinajstić information content (AvgIpc) is 2.64. The van der Waals surface area contributed by atoms with Gasteiger partial charge in [-0.1, -0.05) is 18.9 Å². The van der Waals surface area contributed by atoms with Gasteiger partial charge in [0.2, 0.25) is 0 Å². The van der Waals surface area contributed by atoms with Gasteiger partial charge in [0, 0.05) is 0 Å². The van der Waals surface area contributed by atoms with Gasteiger partial charge in [0.25, 0.3) is 0 Å². The molecule has 2 aliphatic carbocycles. The Morgan fingerprint density at radius 3 is 3.08 bits per heavy atom. The molecular formula is C11H16O. The number of rotatable bonds is 3. The topological polar surface area (TPSA) is 17.1 Å². The summed E-state index contributed by atoms with van der Waals surface area (Å²) in [5.41, 5.74) is 2.65. The summed E-state index contributed by atoms with van der Waals surface area (Å²) >= 11 is 0. The second-order valence-electron chi connectivity index (χ2n) is 4.07. The molecule has 66 valence electrons. The number of carbonyl (C=O) groups is 1. The molecule has 0 heterocycles. The van der Waals surface area contributed by atoms with Crippen LogP contribution in [0, 0.1) is 11.8 Å². The highest BCUT2D eigenvalue weighted by atomic mass is 16.1. The van der Waals surface area contributed by atoms with Crippen molar-refractivity contribution >= 4 is 6.29 Å². The molecule has 0 radical (unpaired) electrons. The summed E-state index contributed by atoms with van der Waals surface area (Å²) in [5.74, 6) is 1.47. The fraction of sp³-hybridized carbons (Fsp3) is 0.727. The van der Waals surface area contributed by atoms with Crippen molar-refractivity contribution in [2.75, 3.05) is 0 Å². The SMILES string of the molecule is CCCC1C(C=O)=C2CCC1C2. The fourth-order valence-corrected chi connectivity index (χ4v) is 2.87. The van der Waals surface area contributed by atoms with Gasteiger partial charge >= 0.3 is 0 Å². The number of hydrogen-bond acceptors (Lipinski definition) is 1. The van der Waals surface area contributed by atoms with Crippen molar-refractivity contribution in [1.82, 2.24) is 0 Å². The lowest BCUT2D eigenvalue weighted by Gasteiger charge is -2.20. The van der Waals surface area contributed by atoms with Crippen LogP contribution in [0.5, 0.6) is 0 Å². The largest absolute Gasteiger partial charge is 0.298 e. The summed E-state index contributed by atoms with van der Waals surface area (Å²) in [6.45, 7) is 2.21. The second kappa shape index (κ2) is 3.04. The molecule has 0 aromatic heterocycles. The first-order valence-corrected chi connectivity index (χ1v) is 5.04. The van der Waals surface area contributed by atoms with Gasteiger partial charge in [0.1, 0.15) is 6.29 Å². The molecule has 12 heavy (non-hydrogen) atoms. The second-order valence-corrected chi connectivity index (χ2v) is 4.07. The summed E-state index contributed by atoms with van der Waals surface area (Å²) in [4.78, 5) is 10.8. The maximum atomic E-state index is 10.8. The Balaban J connectivity index is 2.19. The Labute approximate surface area is 73.8 Å². The normalized spacial score (nSPS) is 33.1. The van der Waals surface area contributed by atoms with E-state index < -0.39 is 0 Å². The van der Waals surface area contributed by atoms with Gasteiger partial charge in [-0.25, -0.2) is 0 Å². The molecule has 0 saturated heterocycles. The molecule has 0 spiro atoms. The molecular weight excluding hydrogens is 148 g/mol. The number of aldehydes is 1. The number of allylic oxidation sites excluding steroid dienone is 2. The zero-order valence-electron chi connectivity index (χ0n) is 7.68. The minimum atomic E-state index is 0.635. The zero-order chi connectivity index (χ0) is 8.55. The summed E-state index contributed by atoms with van der Waals surface area (Å²) in [6.07, 6.45) is 7.35. The van der Waals surface area contributed by atoms with E-state index in [2.05, 4.69) is 6.92 Å². The van der Waals surface area contributed by atoms with Gasteiger partial charge in [-0.2, -0.15) is 0 Å². The van der Waals surface area contributed by atoms with E-state index in [-0.39, 0.29) is 0 Å². The smallest absolute Gasteiger partial charge is 0.146 e. The van der Waals surface area contributed by atoms with E-state index in [1.54, 1.807) is 0 Å². The first kappa shape index (κ1) is 8.03. The molecule has 2 rings (SSSR count). The van der Waals surface area contributed by atoms with Crippen molar-refractivity contribution in [2.45, 2.75) is 39.0 Å². The van der Waals surface area contributed by atoms with E-state index in [9.17, 15) is 4.79 Å². The van der Waals surface area contributed by atoms with Crippen LogP contribution in [0.4, 0.5) is 0 Å². The highest BCUT2D eigenvalue weighted by Gasteiger charge is 2.37. The van der Waals surface area contributed by atoms with Crippen molar-refractivity contribution in [2.24, 2.45) is 11.8 Å².